The molecule has 0 spiro atoms. The lowest BCUT2D eigenvalue weighted by Gasteiger charge is -2.05. The van der Waals surface area contributed by atoms with E-state index in [1.165, 1.54) is 0 Å². The van der Waals surface area contributed by atoms with E-state index >= 15 is 0 Å². The van der Waals surface area contributed by atoms with Crippen LogP contribution in [0.5, 0.6) is 5.75 Å². The Balaban J connectivity index is 1.93. The van der Waals surface area contributed by atoms with Crippen molar-refractivity contribution < 1.29 is 17.9 Å². The second-order valence-corrected chi connectivity index (χ2v) is 7.44. The van der Waals surface area contributed by atoms with Crippen molar-refractivity contribution in [3.05, 3.63) is 60.2 Å². The third-order valence-corrected chi connectivity index (χ3v) is 6.35. The molecule has 1 aliphatic rings. The molecule has 3 rings (SSSR count). The maximum absolute atomic E-state index is 12.7. The lowest BCUT2D eigenvalue weighted by molar-refractivity contribution is -0.108. The van der Waals surface area contributed by atoms with Crippen LogP contribution in [0.15, 0.2) is 59.5 Å². The van der Waals surface area contributed by atoms with E-state index in [0.29, 0.717) is 5.75 Å². The summed E-state index contributed by atoms with van der Waals surface area (Å²) in [7, 11) is -1.93. The molecule has 0 saturated heterocycles. The Hall–Kier alpha value is -2.14. The zero-order valence-electron chi connectivity index (χ0n) is 12.0. The Morgan fingerprint density at radius 1 is 1.00 bits per heavy atom. The molecule has 1 fully saturated rings. The first-order valence-corrected chi connectivity index (χ1v) is 8.52. The maximum atomic E-state index is 12.7. The number of aldehydes is 1. The molecule has 0 aromatic heterocycles. The van der Waals surface area contributed by atoms with Gasteiger partial charge in [0.15, 0.2) is 9.84 Å². The highest BCUT2D eigenvalue weighted by molar-refractivity contribution is 7.92. The normalized spacial score (nSPS) is 23.8. The first-order valence-electron chi connectivity index (χ1n) is 6.98. The van der Waals surface area contributed by atoms with Crippen molar-refractivity contribution in [1.29, 1.82) is 0 Å². The monoisotopic (exact) mass is 316 g/mol. The number of carbonyl (C=O) groups excluding carboxylic acids is 1. The van der Waals surface area contributed by atoms with E-state index in [9.17, 15) is 13.2 Å². The van der Waals surface area contributed by atoms with Crippen molar-refractivity contribution in [2.45, 2.75) is 16.1 Å². The van der Waals surface area contributed by atoms with Crippen LogP contribution < -0.4 is 4.74 Å². The number of carbonyl (C=O) groups is 1. The van der Waals surface area contributed by atoms with Gasteiger partial charge >= 0.3 is 0 Å². The summed E-state index contributed by atoms with van der Waals surface area (Å²) in [5, 5.41) is -0.680. The van der Waals surface area contributed by atoms with Crippen molar-refractivity contribution in [3.8, 4) is 5.75 Å². The summed E-state index contributed by atoms with van der Waals surface area (Å²) in [6, 6.07) is 15.5. The Kier molecular flexibility index (Phi) is 3.74. The van der Waals surface area contributed by atoms with Crippen molar-refractivity contribution in [2.24, 2.45) is 5.92 Å². The average molecular weight is 316 g/mol. The van der Waals surface area contributed by atoms with E-state index in [1.807, 2.05) is 12.1 Å². The van der Waals surface area contributed by atoms with E-state index in [2.05, 4.69) is 0 Å². The molecule has 1 saturated carbocycles. The van der Waals surface area contributed by atoms with Crippen LogP contribution in [-0.4, -0.2) is 27.1 Å². The second-order valence-electron chi connectivity index (χ2n) is 5.34. The molecule has 22 heavy (non-hydrogen) atoms. The standard InChI is InChI=1S/C17H16O4S/c1-21-13-9-7-12(8-10-13)16-15(11-18)17(16)22(19,20)14-5-3-2-4-6-14/h2-11,15-17H,1H3/t15-,16-,17-/m1/s1. The highest BCUT2D eigenvalue weighted by atomic mass is 32.2. The smallest absolute Gasteiger partial charge is 0.182 e. The second kappa shape index (κ2) is 5.57. The van der Waals surface area contributed by atoms with Gasteiger partial charge in [0.1, 0.15) is 12.0 Å². The number of rotatable bonds is 5. The number of benzene rings is 2. The molecular formula is C17H16O4S. The fraction of sp³-hybridized carbons (Fsp3) is 0.235. The minimum absolute atomic E-state index is 0.267. The van der Waals surface area contributed by atoms with Crippen LogP contribution in [0.25, 0.3) is 0 Å². The van der Waals surface area contributed by atoms with Gasteiger partial charge in [0.25, 0.3) is 0 Å². The van der Waals surface area contributed by atoms with E-state index in [0.717, 1.165) is 11.8 Å². The molecule has 2 aromatic rings. The summed E-state index contributed by atoms with van der Waals surface area (Å²) in [5.41, 5.74) is 0.849. The molecule has 114 valence electrons. The summed E-state index contributed by atoms with van der Waals surface area (Å²) in [6.07, 6.45) is 0.750. The van der Waals surface area contributed by atoms with Gasteiger partial charge in [0.05, 0.1) is 17.3 Å². The van der Waals surface area contributed by atoms with E-state index in [4.69, 9.17) is 4.74 Å². The Morgan fingerprint density at radius 3 is 2.18 bits per heavy atom. The van der Waals surface area contributed by atoms with Gasteiger partial charge < -0.3 is 9.53 Å². The third-order valence-electron chi connectivity index (χ3n) is 4.09. The van der Waals surface area contributed by atoms with Crippen molar-refractivity contribution in [1.82, 2.24) is 0 Å². The van der Waals surface area contributed by atoms with E-state index in [-0.39, 0.29) is 10.8 Å². The van der Waals surface area contributed by atoms with Gasteiger partial charge in [-0.05, 0) is 29.8 Å². The SMILES string of the molecule is COc1ccc([C@@H]2[C@@H](C=O)[C@H]2S(=O)(=O)c2ccccc2)cc1. The zero-order chi connectivity index (χ0) is 15.7. The first-order chi connectivity index (χ1) is 10.6. The van der Waals surface area contributed by atoms with Gasteiger partial charge in [-0.3, -0.25) is 0 Å². The quantitative estimate of drug-likeness (QED) is 0.795. The van der Waals surface area contributed by atoms with Gasteiger partial charge in [0, 0.05) is 11.8 Å². The van der Waals surface area contributed by atoms with Crippen LogP contribution in [0.2, 0.25) is 0 Å². The number of sulfone groups is 1. The first kappa shape index (κ1) is 14.8. The maximum Gasteiger partial charge on any atom is 0.182 e. The third kappa shape index (κ3) is 2.41. The molecule has 0 N–H and O–H groups in total. The Morgan fingerprint density at radius 2 is 1.64 bits per heavy atom. The topological polar surface area (TPSA) is 60.4 Å². The summed E-state index contributed by atoms with van der Waals surface area (Å²) in [4.78, 5) is 11.5. The number of ether oxygens (including phenoxy) is 1. The van der Waals surface area contributed by atoms with Crippen LogP contribution in [0, 0.1) is 5.92 Å². The molecule has 0 heterocycles. The molecule has 4 nitrogen and oxygen atoms in total. The summed E-state index contributed by atoms with van der Waals surface area (Å²) in [5.74, 6) is -0.0678. The number of hydrogen-bond acceptors (Lipinski definition) is 4. The van der Waals surface area contributed by atoms with E-state index in [1.54, 1.807) is 49.6 Å². The van der Waals surface area contributed by atoms with Gasteiger partial charge in [-0.15, -0.1) is 0 Å². The van der Waals surface area contributed by atoms with Gasteiger partial charge in [-0.25, -0.2) is 8.42 Å². The molecule has 5 heteroatoms. The fourth-order valence-electron chi connectivity index (χ4n) is 2.87. The van der Waals surface area contributed by atoms with Crippen LogP contribution in [0.3, 0.4) is 0 Å². The lowest BCUT2D eigenvalue weighted by Crippen LogP contribution is -2.10. The molecule has 0 aliphatic heterocycles. The van der Waals surface area contributed by atoms with Crippen LogP contribution in [-0.2, 0) is 14.6 Å². The molecule has 2 aromatic carbocycles. The van der Waals surface area contributed by atoms with Crippen molar-refractivity contribution in [2.75, 3.05) is 7.11 Å². The average Bonchev–Trinajstić information content (AvgIpc) is 3.31. The largest absolute Gasteiger partial charge is 0.497 e. The van der Waals surface area contributed by atoms with Gasteiger partial charge in [-0.2, -0.15) is 0 Å². The van der Waals surface area contributed by atoms with E-state index < -0.39 is 21.0 Å². The summed E-state index contributed by atoms with van der Waals surface area (Å²) < 4.78 is 30.5. The molecule has 0 radical (unpaired) electrons. The highest BCUT2D eigenvalue weighted by Crippen LogP contribution is 2.52. The van der Waals surface area contributed by atoms with Crippen molar-refractivity contribution >= 4 is 16.1 Å². The molecule has 0 bridgehead atoms. The highest BCUT2D eigenvalue weighted by Gasteiger charge is 2.58. The number of methoxy groups -OCH3 is 1. The van der Waals surface area contributed by atoms with Crippen LogP contribution >= 0.6 is 0 Å². The molecule has 3 atom stereocenters. The van der Waals surface area contributed by atoms with Crippen LogP contribution in [0.4, 0.5) is 0 Å². The fourth-order valence-corrected chi connectivity index (χ4v) is 5.00. The lowest BCUT2D eigenvalue weighted by atomic mass is 10.1. The number of hydrogen-bond donors (Lipinski definition) is 0. The zero-order valence-corrected chi connectivity index (χ0v) is 12.9. The molecular weight excluding hydrogens is 300 g/mol. The minimum atomic E-state index is -3.50. The van der Waals surface area contributed by atoms with Crippen molar-refractivity contribution in [3.63, 3.8) is 0 Å². The minimum Gasteiger partial charge on any atom is -0.497 e. The summed E-state index contributed by atoms with van der Waals surface area (Å²) in [6.45, 7) is 0. The Labute approximate surface area is 129 Å². The molecule has 0 unspecified atom stereocenters. The molecule has 1 aliphatic carbocycles. The predicted octanol–water partition coefficient (Wildman–Crippen LogP) is 2.45. The predicted molar refractivity (Wildman–Crippen MR) is 82.7 cm³/mol. The van der Waals surface area contributed by atoms with Gasteiger partial charge in [0.2, 0.25) is 0 Å². The van der Waals surface area contributed by atoms with Crippen LogP contribution in [0.1, 0.15) is 11.5 Å². The molecule has 0 amide bonds. The van der Waals surface area contributed by atoms with Gasteiger partial charge in [-0.1, -0.05) is 30.3 Å². The Bertz CT molecular complexity index is 766. The summed E-state index contributed by atoms with van der Waals surface area (Å²) >= 11 is 0.